The molecule has 2 heterocycles. The molecule has 0 bridgehead atoms. The zero-order chi connectivity index (χ0) is 17.1. The molecule has 0 unspecified atom stereocenters. The average Bonchev–Trinajstić information content (AvgIpc) is 2.98. The molecule has 1 aromatic carbocycles. The first kappa shape index (κ1) is 19.7. The Labute approximate surface area is 154 Å². The Kier molecular flexibility index (Phi) is 6.83. The fourth-order valence-electron chi connectivity index (χ4n) is 2.51. The van der Waals surface area contributed by atoms with Gasteiger partial charge in [-0.15, -0.1) is 23.7 Å². The number of aromatic nitrogens is 1. The zero-order valence-electron chi connectivity index (χ0n) is 13.4. The molecule has 0 radical (unpaired) electrons. The van der Waals surface area contributed by atoms with E-state index in [1.54, 1.807) is 6.20 Å². The predicted molar refractivity (Wildman–Crippen MR) is 94.4 cm³/mol. The monoisotopic (exact) mass is 389 g/mol. The number of carbonyl (C=O) groups excluding carboxylic acids is 1. The van der Waals surface area contributed by atoms with Crippen molar-refractivity contribution in [3.05, 3.63) is 46.5 Å². The van der Waals surface area contributed by atoms with Crippen LogP contribution in [0, 0.1) is 11.6 Å². The Morgan fingerprint density at radius 3 is 2.96 bits per heavy atom. The average molecular weight is 390 g/mol. The lowest BCUT2D eigenvalue weighted by atomic mass is 10.1. The maximum atomic E-state index is 13.2. The molecule has 1 aliphatic heterocycles. The normalized spacial score (nSPS) is 20.0. The minimum Gasteiger partial charge on any atom is -0.375 e. The van der Waals surface area contributed by atoms with Gasteiger partial charge in [0.15, 0.2) is 16.8 Å². The highest BCUT2D eigenvalue weighted by molar-refractivity contribution is 7.15. The molecule has 2 N–H and O–H groups in total. The zero-order valence-corrected chi connectivity index (χ0v) is 15.1. The van der Waals surface area contributed by atoms with Crippen molar-refractivity contribution in [1.29, 1.82) is 0 Å². The van der Waals surface area contributed by atoms with Crippen LogP contribution in [0.15, 0.2) is 24.4 Å². The van der Waals surface area contributed by atoms with E-state index < -0.39 is 17.7 Å². The van der Waals surface area contributed by atoms with Crippen molar-refractivity contribution >= 4 is 34.8 Å². The highest BCUT2D eigenvalue weighted by Crippen LogP contribution is 2.22. The molecular formula is C16H18ClF2N3O2S. The van der Waals surface area contributed by atoms with E-state index >= 15 is 0 Å². The molecule has 5 nitrogen and oxygen atoms in total. The standard InChI is InChI=1S/C16H17F2N3O2S.ClH/c1-9-14(19-4-5-23-9)15(22)21-16-20-8-11(24-16)6-10-2-3-12(17)13(18)7-10;/h2-3,7-9,14,19H,4-6H2,1H3,(H,20,21,22);1H/t9-,14+;/m1./s1. The van der Waals surface area contributed by atoms with Crippen molar-refractivity contribution < 1.29 is 18.3 Å². The van der Waals surface area contributed by atoms with Crippen LogP contribution in [0.2, 0.25) is 0 Å². The van der Waals surface area contributed by atoms with E-state index in [1.165, 1.54) is 17.4 Å². The number of anilines is 1. The molecule has 1 saturated heterocycles. The van der Waals surface area contributed by atoms with Crippen LogP contribution < -0.4 is 10.6 Å². The Bertz CT molecular complexity index is 744. The molecule has 2 atom stereocenters. The second kappa shape index (κ2) is 8.66. The van der Waals surface area contributed by atoms with Crippen LogP contribution in [-0.2, 0) is 16.0 Å². The summed E-state index contributed by atoms with van der Waals surface area (Å²) in [5.41, 5.74) is 0.645. The van der Waals surface area contributed by atoms with E-state index in [0.29, 0.717) is 30.3 Å². The van der Waals surface area contributed by atoms with E-state index in [1.807, 2.05) is 6.92 Å². The van der Waals surface area contributed by atoms with Crippen LogP contribution in [0.25, 0.3) is 0 Å². The fourth-order valence-corrected chi connectivity index (χ4v) is 3.36. The third-order valence-corrected chi connectivity index (χ3v) is 4.66. The van der Waals surface area contributed by atoms with Crippen molar-refractivity contribution in [2.24, 2.45) is 0 Å². The van der Waals surface area contributed by atoms with Crippen LogP contribution in [0.5, 0.6) is 0 Å². The number of morpholine rings is 1. The van der Waals surface area contributed by atoms with Gasteiger partial charge >= 0.3 is 0 Å². The number of rotatable bonds is 4. The number of thiazole rings is 1. The molecule has 1 amide bonds. The van der Waals surface area contributed by atoms with Gasteiger partial charge in [-0.2, -0.15) is 0 Å². The largest absolute Gasteiger partial charge is 0.375 e. The summed E-state index contributed by atoms with van der Waals surface area (Å²) in [7, 11) is 0. The highest BCUT2D eigenvalue weighted by Gasteiger charge is 2.28. The van der Waals surface area contributed by atoms with Crippen molar-refractivity contribution in [2.75, 3.05) is 18.5 Å². The number of amides is 1. The van der Waals surface area contributed by atoms with E-state index in [4.69, 9.17) is 4.74 Å². The van der Waals surface area contributed by atoms with Gasteiger partial charge in [0.2, 0.25) is 5.91 Å². The number of hydrogen-bond acceptors (Lipinski definition) is 5. The van der Waals surface area contributed by atoms with Gasteiger partial charge in [0.25, 0.3) is 0 Å². The summed E-state index contributed by atoms with van der Waals surface area (Å²) in [6.07, 6.45) is 1.84. The van der Waals surface area contributed by atoms with Gasteiger partial charge < -0.3 is 15.4 Å². The van der Waals surface area contributed by atoms with Gasteiger partial charge in [-0.3, -0.25) is 4.79 Å². The number of nitrogens with zero attached hydrogens (tertiary/aromatic N) is 1. The lowest BCUT2D eigenvalue weighted by Gasteiger charge is -2.28. The topological polar surface area (TPSA) is 63.2 Å². The fraction of sp³-hybridized carbons (Fsp3) is 0.375. The number of ether oxygens (including phenoxy) is 1. The number of halogens is 3. The summed E-state index contributed by atoms with van der Waals surface area (Å²) in [4.78, 5) is 17.3. The smallest absolute Gasteiger partial charge is 0.245 e. The third kappa shape index (κ3) is 4.94. The first-order valence-corrected chi connectivity index (χ1v) is 8.39. The molecule has 1 aromatic heterocycles. The first-order valence-electron chi connectivity index (χ1n) is 7.57. The number of carbonyl (C=O) groups is 1. The van der Waals surface area contributed by atoms with Gasteiger partial charge in [-0.05, 0) is 24.6 Å². The van der Waals surface area contributed by atoms with Gasteiger partial charge in [0.05, 0.1) is 12.7 Å². The van der Waals surface area contributed by atoms with E-state index in [9.17, 15) is 13.6 Å². The van der Waals surface area contributed by atoms with Gasteiger partial charge in [-0.1, -0.05) is 6.07 Å². The Morgan fingerprint density at radius 2 is 2.24 bits per heavy atom. The molecule has 9 heteroatoms. The molecule has 1 fully saturated rings. The first-order chi connectivity index (χ1) is 11.5. The molecule has 0 aliphatic carbocycles. The van der Waals surface area contributed by atoms with Gasteiger partial charge in [0.1, 0.15) is 6.04 Å². The molecule has 0 saturated carbocycles. The Morgan fingerprint density at radius 1 is 1.44 bits per heavy atom. The predicted octanol–water partition coefficient (Wildman–Crippen LogP) is 2.75. The molecular weight excluding hydrogens is 372 g/mol. The lowest BCUT2D eigenvalue weighted by Crippen LogP contribution is -2.53. The van der Waals surface area contributed by atoms with E-state index in [2.05, 4.69) is 15.6 Å². The molecule has 136 valence electrons. The summed E-state index contributed by atoms with van der Waals surface area (Å²) in [5.74, 6) is -1.94. The highest BCUT2D eigenvalue weighted by atomic mass is 35.5. The van der Waals surface area contributed by atoms with Crippen LogP contribution in [0.3, 0.4) is 0 Å². The van der Waals surface area contributed by atoms with Crippen LogP contribution >= 0.6 is 23.7 Å². The van der Waals surface area contributed by atoms with Crippen LogP contribution in [-0.4, -0.2) is 36.2 Å². The number of benzene rings is 1. The lowest BCUT2D eigenvalue weighted by molar-refractivity contribution is -0.123. The maximum absolute atomic E-state index is 13.2. The molecule has 3 rings (SSSR count). The van der Waals surface area contributed by atoms with Crippen molar-refractivity contribution in [1.82, 2.24) is 10.3 Å². The Hall–Kier alpha value is -1.61. The molecule has 2 aromatic rings. The van der Waals surface area contributed by atoms with Crippen molar-refractivity contribution in [3.8, 4) is 0 Å². The summed E-state index contributed by atoms with van der Waals surface area (Å²) < 4.78 is 31.6. The maximum Gasteiger partial charge on any atom is 0.245 e. The summed E-state index contributed by atoms with van der Waals surface area (Å²) >= 11 is 1.30. The number of nitrogens with one attached hydrogen (secondary N) is 2. The summed E-state index contributed by atoms with van der Waals surface area (Å²) in [5, 5.41) is 6.34. The minimum absolute atomic E-state index is 0. The second-order valence-electron chi connectivity index (χ2n) is 5.55. The molecule has 0 spiro atoms. The van der Waals surface area contributed by atoms with Crippen molar-refractivity contribution in [2.45, 2.75) is 25.5 Å². The van der Waals surface area contributed by atoms with Crippen LogP contribution in [0.1, 0.15) is 17.4 Å². The molecule has 1 aliphatic rings. The van der Waals surface area contributed by atoms with Crippen LogP contribution in [0.4, 0.5) is 13.9 Å². The van der Waals surface area contributed by atoms with E-state index in [-0.39, 0.29) is 24.4 Å². The van der Waals surface area contributed by atoms with E-state index in [0.717, 1.165) is 17.0 Å². The quantitative estimate of drug-likeness (QED) is 0.844. The molecule has 25 heavy (non-hydrogen) atoms. The SMILES string of the molecule is C[C@H]1OCCN[C@@H]1C(=O)Nc1ncc(Cc2ccc(F)c(F)c2)s1.Cl. The summed E-state index contributed by atoms with van der Waals surface area (Å²) in [6, 6.07) is 3.38. The van der Waals surface area contributed by atoms with Gasteiger partial charge in [-0.25, -0.2) is 13.8 Å². The summed E-state index contributed by atoms with van der Waals surface area (Å²) in [6.45, 7) is 3.05. The second-order valence-corrected chi connectivity index (χ2v) is 6.67. The van der Waals surface area contributed by atoms with Crippen molar-refractivity contribution in [3.63, 3.8) is 0 Å². The third-order valence-electron chi connectivity index (χ3n) is 3.75. The number of hydrogen-bond donors (Lipinski definition) is 2. The van der Waals surface area contributed by atoms with Gasteiger partial charge in [0, 0.05) is 24.0 Å². The minimum atomic E-state index is -0.872. The Balaban J connectivity index is 0.00000225.